The minimum atomic E-state index is -3.53. The van der Waals surface area contributed by atoms with Crippen molar-refractivity contribution >= 4 is 21.6 Å². The van der Waals surface area contributed by atoms with Crippen LogP contribution in [0.5, 0.6) is 0 Å². The summed E-state index contributed by atoms with van der Waals surface area (Å²) in [6, 6.07) is 14.1. The summed E-state index contributed by atoms with van der Waals surface area (Å²) >= 11 is 5.79. The zero-order chi connectivity index (χ0) is 16.9. The number of nitrogens with zero attached hydrogens (tertiary/aromatic N) is 1. The van der Waals surface area contributed by atoms with E-state index in [4.69, 9.17) is 11.6 Å². The van der Waals surface area contributed by atoms with E-state index in [0.717, 1.165) is 24.2 Å². The summed E-state index contributed by atoms with van der Waals surface area (Å²) < 4.78 is 27.1. The molecule has 0 bridgehead atoms. The Hall–Kier alpha value is -1.40. The fraction of sp³-hybridized carbons (Fsp3) is 0.294. The van der Waals surface area contributed by atoms with Gasteiger partial charge >= 0.3 is 0 Å². The largest absolute Gasteiger partial charge is 0.302 e. The lowest BCUT2D eigenvalue weighted by atomic mass is 10.1. The summed E-state index contributed by atoms with van der Waals surface area (Å²) in [6.45, 7) is 4.17. The van der Waals surface area contributed by atoms with Gasteiger partial charge in [0.1, 0.15) is 0 Å². The van der Waals surface area contributed by atoms with Crippen molar-refractivity contribution in [3.63, 3.8) is 0 Å². The van der Waals surface area contributed by atoms with Crippen LogP contribution in [0.4, 0.5) is 0 Å². The quantitative estimate of drug-likeness (QED) is 0.832. The molecule has 2 rings (SSSR count). The highest BCUT2D eigenvalue weighted by Crippen LogP contribution is 2.15. The molecular formula is C17H21ClN2O2S. The Morgan fingerprint density at radius 1 is 1.09 bits per heavy atom. The molecule has 4 nitrogen and oxygen atoms in total. The van der Waals surface area contributed by atoms with Gasteiger partial charge in [-0.2, -0.15) is 0 Å². The summed E-state index contributed by atoms with van der Waals surface area (Å²) in [6.07, 6.45) is 0. The van der Waals surface area contributed by atoms with Gasteiger partial charge in [-0.3, -0.25) is 0 Å². The lowest BCUT2D eigenvalue weighted by Gasteiger charge is -2.14. The van der Waals surface area contributed by atoms with Crippen LogP contribution >= 0.6 is 11.6 Å². The van der Waals surface area contributed by atoms with E-state index >= 15 is 0 Å². The van der Waals surface area contributed by atoms with Gasteiger partial charge in [0.2, 0.25) is 10.0 Å². The normalized spacial score (nSPS) is 11.8. The van der Waals surface area contributed by atoms with Crippen molar-refractivity contribution in [1.29, 1.82) is 0 Å². The molecule has 0 atom stereocenters. The van der Waals surface area contributed by atoms with Crippen molar-refractivity contribution in [2.45, 2.75) is 24.9 Å². The van der Waals surface area contributed by atoms with Gasteiger partial charge in [-0.25, -0.2) is 13.1 Å². The third-order valence-corrected chi connectivity index (χ3v) is 5.24. The first-order valence-electron chi connectivity index (χ1n) is 7.42. The Labute approximate surface area is 143 Å². The van der Waals surface area contributed by atoms with Gasteiger partial charge in [0, 0.05) is 18.1 Å². The van der Waals surface area contributed by atoms with E-state index in [9.17, 15) is 8.42 Å². The first-order chi connectivity index (χ1) is 10.9. The number of rotatable bonds is 7. The molecule has 0 radical (unpaired) electrons. The van der Waals surface area contributed by atoms with Crippen LogP contribution in [0.2, 0.25) is 5.02 Å². The molecule has 0 aromatic heterocycles. The maximum absolute atomic E-state index is 12.3. The third-order valence-electron chi connectivity index (χ3n) is 3.57. The number of benzene rings is 2. The predicted molar refractivity (Wildman–Crippen MR) is 93.9 cm³/mol. The molecule has 2 aromatic carbocycles. The van der Waals surface area contributed by atoms with Crippen molar-refractivity contribution in [2.75, 3.05) is 13.6 Å². The van der Waals surface area contributed by atoms with Gasteiger partial charge in [0.05, 0.1) is 4.90 Å². The van der Waals surface area contributed by atoms with Crippen LogP contribution in [-0.2, 0) is 23.1 Å². The Balaban J connectivity index is 2.05. The fourth-order valence-corrected chi connectivity index (χ4v) is 3.28. The van der Waals surface area contributed by atoms with E-state index in [1.54, 1.807) is 12.1 Å². The number of halogens is 1. The first kappa shape index (κ1) is 17.9. The monoisotopic (exact) mass is 352 g/mol. The number of hydrogen-bond acceptors (Lipinski definition) is 3. The van der Waals surface area contributed by atoms with Crippen molar-refractivity contribution in [2.24, 2.45) is 0 Å². The Morgan fingerprint density at radius 2 is 1.74 bits per heavy atom. The van der Waals surface area contributed by atoms with Crippen molar-refractivity contribution < 1.29 is 8.42 Å². The molecule has 0 aliphatic carbocycles. The standard InChI is InChI=1S/C17H21ClN2O2S/c1-3-20(2)13-15-6-4-5-14(11-15)12-19-23(21,22)17-9-7-16(18)8-10-17/h4-11,19H,3,12-13H2,1-2H3. The molecule has 0 saturated heterocycles. The molecule has 0 aliphatic heterocycles. The molecule has 0 amide bonds. The molecular weight excluding hydrogens is 332 g/mol. The Bertz CT molecular complexity index is 745. The van der Waals surface area contributed by atoms with Gasteiger partial charge in [-0.05, 0) is 49.0 Å². The summed E-state index contributed by atoms with van der Waals surface area (Å²) in [4.78, 5) is 2.40. The van der Waals surface area contributed by atoms with Gasteiger partial charge in [-0.15, -0.1) is 0 Å². The molecule has 0 saturated carbocycles. The van der Waals surface area contributed by atoms with E-state index in [0.29, 0.717) is 5.02 Å². The molecule has 0 unspecified atom stereocenters. The van der Waals surface area contributed by atoms with Crippen molar-refractivity contribution in [3.8, 4) is 0 Å². The molecule has 0 aliphatic rings. The van der Waals surface area contributed by atoms with Gasteiger partial charge in [0.15, 0.2) is 0 Å². The topological polar surface area (TPSA) is 49.4 Å². The second kappa shape index (κ2) is 7.93. The van der Waals surface area contributed by atoms with Crippen LogP contribution in [0.3, 0.4) is 0 Å². The first-order valence-corrected chi connectivity index (χ1v) is 9.28. The highest BCUT2D eigenvalue weighted by Gasteiger charge is 2.13. The average molecular weight is 353 g/mol. The number of hydrogen-bond donors (Lipinski definition) is 1. The molecule has 0 spiro atoms. The van der Waals surface area contributed by atoms with Crippen molar-refractivity contribution in [1.82, 2.24) is 9.62 Å². The maximum Gasteiger partial charge on any atom is 0.240 e. The van der Waals surface area contributed by atoms with Crippen molar-refractivity contribution in [3.05, 3.63) is 64.7 Å². The van der Waals surface area contributed by atoms with E-state index in [2.05, 4.69) is 23.6 Å². The molecule has 2 aromatic rings. The molecule has 23 heavy (non-hydrogen) atoms. The predicted octanol–water partition coefficient (Wildman–Crippen LogP) is 3.27. The average Bonchev–Trinajstić information content (AvgIpc) is 2.54. The van der Waals surface area contributed by atoms with Crippen LogP contribution in [0.25, 0.3) is 0 Å². The van der Waals surface area contributed by atoms with Gasteiger partial charge < -0.3 is 4.90 Å². The number of sulfonamides is 1. The Kier molecular flexibility index (Phi) is 6.18. The molecule has 1 N–H and O–H groups in total. The second-order valence-electron chi connectivity index (χ2n) is 5.43. The zero-order valence-corrected chi connectivity index (χ0v) is 14.9. The van der Waals surface area contributed by atoms with E-state index in [-0.39, 0.29) is 11.4 Å². The van der Waals surface area contributed by atoms with Crippen LogP contribution in [-0.4, -0.2) is 26.9 Å². The molecule has 6 heteroatoms. The highest BCUT2D eigenvalue weighted by atomic mass is 35.5. The van der Waals surface area contributed by atoms with Crippen LogP contribution in [0.1, 0.15) is 18.1 Å². The minimum Gasteiger partial charge on any atom is -0.302 e. The van der Waals surface area contributed by atoms with E-state index in [1.807, 2.05) is 24.3 Å². The number of nitrogens with one attached hydrogen (secondary N) is 1. The summed E-state index contributed by atoms with van der Waals surface area (Å²) in [5, 5.41) is 0.511. The minimum absolute atomic E-state index is 0.212. The second-order valence-corrected chi connectivity index (χ2v) is 7.63. The van der Waals surface area contributed by atoms with Crippen LogP contribution < -0.4 is 4.72 Å². The molecule has 0 heterocycles. The maximum atomic E-state index is 12.3. The van der Waals surface area contributed by atoms with Gasteiger partial charge in [-0.1, -0.05) is 42.8 Å². The lowest BCUT2D eigenvalue weighted by Crippen LogP contribution is -2.23. The van der Waals surface area contributed by atoms with E-state index < -0.39 is 10.0 Å². The molecule has 0 fully saturated rings. The summed E-state index contributed by atoms with van der Waals surface area (Å²) in [5.41, 5.74) is 2.10. The third kappa shape index (κ3) is 5.32. The molecule has 124 valence electrons. The fourth-order valence-electron chi connectivity index (χ4n) is 2.14. The lowest BCUT2D eigenvalue weighted by molar-refractivity contribution is 0.345. The van der Waals surface area contributed by atoms with Gasteiger partial charge in [0.25, 0.3) is 0 Å². The Morgan fingerprint density at radius 3 is 2.39 bits per heavy atom. The summed E-state index contributed by atoms with van der Waals surface area (Å²) in [7, 11) is -1.48. The summed E-state index contributed by atoms with van der Waals surface area (Å²) in [5.74, 6) is 0. The van der Waals surface area contributed by atoms with Crippen LogP contribution in [0, 0.1) is 0 Å². The smallest absolute Gasteiger partial charge is 0.240 e. The van der Waals surface area contributed by atoms with Crippen LogP contribution in [0.15, 0.2) is 53.4 Å². The SMILES string of the molecule is CCN(C)Cc1cccc(CNS(=O)(=O)c2ccc(Cl)cc2)c1. The zero-order valence-electron chi connectivity index (χ0n) is 13.3. The highest BCUT2D eigenvalue weighted by molar-refractivity contribution is 7.89. The van der Waals surface area contributed by atoms with E-state index in [1.165, 1.54) is 12.1 Å².